The van der Waals surface area contributed by atoms with E-state index >= 15 is 0 Å². The number of halogens is 2. The Bertz CT molecular complexity index is 440. The van der Waals surface area contributed by atoms with E-state index < -0.39 is 6.03 Å². The molecule has 0 aliphatic carbocycles. The van der Waals surface area contributed by atoms with Gasteiger partial charge in [-0.05, 0) is 25.1 Å². The summed E-state index contributed by atoms with van der Waals surface area (Å²) in [7, 11) is 0. The van der Waals surface area contributed by atoms with Gasteiger partial charge in [0, 0.05) is 5.02 Å². The lowest BCUT2D eigenvalue weighted by atomic mass is 10.3. The summed E-state index contributed by atoms with van der Waals surface area (Å²) in [6, 6.07) is 4.03. The second kappa shape index (κ2) is 5.64. The molecule has 16 heavy (non-hydrogen) atoms. The molecular weight excluding hydrogens is 247 g/mol. The first kappa shape index (κ1) is 12.7. The van der Waals surface area contributed by atoms with E-state index in [0.717, 1.165) is 0 Å². The van der Waals surface area contributed by atoms with E-state index in [1.165, 1.54) is 0 Å². The highest BCUT2D eigenvalue weighted by molar-refractivity contribution is 6.35. The van der Waals surface area contributed by atoms with Crippen LogP contribution in [0, 0.1) is 12.3 Å². The minimum absolute atomic E-state index is 0.349. The molecule has 3 nitrogen and oxygen atoms in total. The van der Waals surface area contributed by atoms with Crippen LogP contribution in [0.25, 0.3) is 0 Å². The fourth-order valence-electron chi connectivity index (χ4n) is 0.990. The van der Waals surface area contributed by atoms with Gasteiger partial charge in [0.15, 0.2) is 0 Å². The van der Waals surface area contributed by atoms with Crippen molar-refractivity contribution in [1.29, 1.82) is 0 Å². The topological polar surface area (TPSA) is 41.1 Å². The number of rotatable bonds is 2. The normalized spacial score (nSPS) is 11.4. The molecule has 0 saturated carbocycles. The Balaban J connectivity index is 2.70. The molecule has 5 heteroatoms. The molecule has 0 fully saturated rings. The first-order valence-corrected chi connectivity index (χ1v) is 5.27. The second-order valence-corrected chi connectivity index (χ2v) is 3.95. The largest absolute Gasteiger partial charge is 0.325 e. The van der Waals surface area contributed by atoms with Crippen molar-refractivity contribution in [2.45, 2.75) is 13.0 Å². The molecule has 2 N–H and O–H groups in total. The summed E-state index contributed by atoms with van der Waals surface area (Å²) >= 11 is 11.6. The zero-order chi connectivity index (χ0) is 12.1. The summed E-state index contributed by atoms with van der Waals surface area (Å²) in [5.74, 6) is 2.38. The molecule has 1 aromatic carbocycles. The SMILES string of the molecule is C#CC(C)NC(=O)Nc1cc(Cl)ccc1Cl. The highest BCUT2D eigenvalue weighted by atomic mass is 35.5. The monoisotopic (exact) mass is 256 g/mol. The molecule has 0 aliphatic rings. The van der Waals surface area contributed by atoms with Crippen LogP contribution in [-0.4, -0.2) is 12.1 Å². The maximum absolute atomic E-state index is 11.4. The fourth-order valence-corrected chi connectivity index (χ4v) is 1.33. The molecule has 0 radical (unpaired) electrons. The zero-order valence-corrected chi connectivity index (χ0v) is 10.1. The van der Waals surface area contributed by atoms with Gasteiger partial charge in [0.05, 0.1) is 16.8 Å². The molecule has 0 heterocycles. The van der Waals surface area contributed by atoms with Crippen LogP contribution in [0.3, 0.4) is 0 Å². The van der Waals surface area contributed by atoms with Crippen molar-refractivity contribution in [2.24, 2.45) is 0 Å². The summed E-state index contributed by atoms with van der Waals surface area (Å²) in [6.07, 6.45) is 5.13. The van der Waals surface area contributed by atoms with Gasteiger partial charge in [-0.25, -0.2) is 4.79 Å². The zero-order valence-electron chi connectivity index (χ0n) is 8.55. The third kappa shape index (κ3) is 3.65. The second-order valence-electron chi connectivity index (χ2n) is 3.11. The number of nitrogens with one attached hydrogen (secondary N) is 2. The van der Waals surface area contributed by atoms with Gasteiger partial charge in [0.25, 0.3) is 0 Å². The third-order valence-corrected chi connectivity index (χ3v) is 2.34. The number of terminal acetylenes is 1. The quantitative estimate of drug-likeness (QED) is 0.785. The van der Waals surface area contributed by atoms with E-state index in [9.17, 15) is 4.79 Å². The molecule has 2 amide bonds. The maximum atomic E-state index is 11.4. The van der Waals surface area contributed by atoms with E-state index in [1.54, 1.807) is 25.1 Å². The smallest absolute Gasteiger partial charge is 0.320 e. The molecule has 0 saturated heterocycles. The highest BCUT2D eigenvalue weighted by Crippen LogP contribution is 2.25. The Morgan fingerprint density at radius 2 is 2.19 bits per heavy atom. The van der Waals surface area contributed by atoms with Crippen LogP contribution in [0.2, 0.25) is 10.0 Å². The number of hydrogen-bond donors (Lipinski definition) is 2. The fraction of sp³-hybridized carbons (Fsp3) is 0.182. The molecule has 84 valence electrons. The van der Waals surface area contributed by atoms with Crippen LogP contribution in [-0.2, 0) is 0 Å². The van der Waals surface area contributed by atoms with Crippen molar-refractivity contribution < 1.29 is 4.79 Å². The predicted octanol–water partition coefficient (Wildman–Crippen LogP) is 3.14. The number of amides is 2. The molecule has 1 unspecified atom stereocenters. The minimum Gasteiger partial charge on any atom is -0.325 e. The van der Waals surface area contributed by atoms with Crippen LogP contribution in [0.4, 0.5) is 10.5 Å². The Labute approximate surface area is 104 Å². The average Bonchev–Trinajstić information content (AvgIpc) is 2.23. The van der Waals surface area contributed by atoms with Gasteiger partial charge in [-0.3, -0.25) is 0 Å². The van der Waals surface area contributed by atoms with E-state index in [1.807, 2.05) is 0 Å². The van der Waals surface area contributed by atoms with Crippen molar-refractivity contribution in [1.82, 2.24) is 5.32 Å². The minimum atomic E-state index is -0.422. The Hall–Kier alpha value is -1.37. The van der Waals surface area contributed by atoms with Crippen molar-refractivity contribution in [3.63, 3.8) is 0 Å². The van der Waals surface area contributed by atoms with E-state index in [-0.39, 0.29) is 6.04 Å². The summed E-state index contributed by atoms with van der Waals surface area (Å²) in [5.41, 5.74) is 0.441. The predicted molar refractivity (Wildman–Crippen MR) is 66.9 cm³/mol. The number of carbonyl (C=O) groups excluding carboxylic acids is 1. The van der Waals surface area contributed by atoms with Gasteiger partial charge in [0.1, 0.15) is 0 Å². The molecule has 0 spiro atoms. The Morgan fingerprint density at radius 1 is 1.50 bits per heavy atom. The van der Waals surface area contributed by atoms with Gasteiger partial charge in [0.2, 0.25) is 0 Å². The van der Waals surface area contributed by atoms with Crippen LogP contribution in [0.5, 0.6) is 0 Å². The van der Waals surface area contributed by atoms with Crippen molar-refractivity contribution >= 4 is 34.9 Å². The van der Waals surface area contributed by atoms with Gasteiger partial charge in [-0.2, -0.15) is 0 Å². The molecule has 0 bridgehead atoms. The standard InChI is InChI=1S/C11H10Cl2N2O/c1-3-7(2)14-11(16)15-10-6-8(12)4-5-9(10)13/h1,4-7H,2H3,(H2,14,15,16). The van der Waals surface area contributed by atoms with Crippen LogP contribution in [0.15, 0.2) is 18.2 Å². The van der Waals surface area contributed by atoms with Crippen LogP contribution < -0.4 is 10.6 Å². The van der Waals surface area contributed by atoms with Crippen LogP contribution in [0.1, 0.15) is 6.92 Å². The van der Waals surface area contributed by atoms with Gasteiger partial charge in [-0.1, -0.05) is 29.1 Å². The average molecular weight is 257 g/mol. The van der Waals surface area contributed by atoms with E-state index in [0.29, 0.717) is 15.7 Å². The molecule has 1 aromatic rings. The maximum Gasteiger partial charge on any atom is 0.320 e. The molecule has 1 atom stereocenters. The lowest BCUT2D eigenvalue weighted by molar-refractivity contribution is 0.251. The molecule has 0 aromatic heterocycles. The van der Waals surface area contributed by atoms with E-state index in [2.05, 4.69) is 16.6 Å². The van der Waals surface area contributed by atoms with Crippen LogP contribution >= 0.6 is 23.2 Å². The number of anilines is 1. The molecular formula is C11H10Cl2N2O. The first-order valence-electron chi connectivity index (χ1n) is 4.51. The summed E-state index contributed by atoms with van der Waals surface area (Å²) in [4.78, 5) is 11.4. The first-order chi connectivity index (χ1) is 7.52. The molecule has 1 rings (SSSR count). The van der Waals surface area contributed by atoms with Crippen molar-refractivity contribution in [3.8, 4) is 12.3 Å². The van der Waals surface area contributed by atoms with E-state index in [4.69, 9.17) is 29.6 Å². The lowest BCUT2D eigenvalue weighted by Gasteiger charge is -2.10. The van der Waals surface area contributed by atoms with Gasteiger partial charge < -0.3 is 10.6 Å². The number of benzene rings is 1. The number of hydrogen-bond acceptors (Lipinski definition) is 1. The van der Waals surface area contributed by atoms with Crippen molar-refractivity contribution in [2.75, 3.05) is 5.32 Å². The Morgan fingerprint density at radius 3 is 2.81 bits per heavy atom. The van der Waals surface area contributed by atoms with Gasteiger partial charge >= 0.3 is 6.03 Å². The summed E-state index contributed by atoms with van der Waals surface area (Å²) in [6.45, 7) is 1.69. The Kier molecular flexibility index (Phi) is 4.48. The lowest BCUT2D eigenvalue weighted by Crippen LogP contribution is -2.35. The molecule has 0 aliphatic heterocycles. The summed E-state index contributed by atoms with van der Waals surface area (Å²) < 4.78 is 0. The van der Waals surface area contributed by atoms with Crippen molar-refractivity contribution in [3.05, 3.63) is 28.2 Å². The number of carbonyl (C=O) groups is 1. The summed E-state index contributed by atoms with van der Waals surface area (Å²) in [5, 5.41) is 5.99. The third-order valence-electron chi connectivity index (χ3n) is 1.77. The number of urea groups is 1. The van der Waals surface area contributed by atoms with Gasteiger partial charge in [-0.15, -0.1) is 6.42 Å². The highest BCUT2D eigenvalue weighted by Gasteiger charge is 2.07.